The highest BCUT2D eigenvalue weighted by atomic mass is 16.6. The fourth-order valence-electron chi connectivity index (χ4n) is 3.43. The second-order valence-corrected chi connectivity index (χ2v) is 6.70. The Morgan fingerprint density at radius 3 is 2.86 bits per heavy atom. The van der Waals surface area contributed by atoms with Gasteiger partial charge in [0.2, 0.25) is 0 Å². The van der Waals surface area contributed by atoms with Gasteiger partial charge in [-0.25, -0.2) is 4.98 Å². The lowest BCUT2D eigenvalue weighted by atomic mass is 9.99. The molecule has 0 aliphatic rings. The Bertz CT molecular complexity index is 1270. The van der Waals surface area contributed by atoms with Crippen LogP contribution in [0.25, 0.3) is 22.0 Å². The van der Waals surface area contributed by atoms with E-state index in [9.17, 15) is 10.1 Å². The van der Waals surface area contributed by atoms with Gasteiger partial charge in [-0.2, -0.15) is 5.26 Å². The van der Waals surface area contributed by atoms with Crippen LogP contribution in [0.2, 0.25) is 0 Å². The number of para-hydroxylation sites is 1. The quantitative estimate of drug-likeness (QED) is 0.375. The SMILES string of the molecule is Cc1cc(C#N)ccc1-c1ccnc(NCc2c[nH]c3c([N+](=O)[O-])cccc23)c1. The number of nitro groups is 1. The van der Waals surface area contributed by atoms with E-state index in [-0.39, 0.29) is 10.6 Å². The zero-order valence-electron chi connectivity index (χ0n) is 15.6. The van der Waals surface area contributed by atoms with Crippen molar-refractivity contribution in [2.45, 2.75) is 13.5 Å². The molecule has 7 nitrogen and oxygen atoms in total. The van der Waals surface area contributed by atoms with Crippen molar-refractivity contribution in [3.05, 3.63) is 87.7 Å². The number of hydrogen-bond donors (Lipinski definition) is 2. The molecule has 4 rings (SSSR count). The lowest BCUT2D eigenvalue weighted by molar-refractivity contribution is -0.383. The number of aromatic nitrogens is 2. The Hall–Kier alpha value is -4.18. The van der Waals surface area contributed by atoms with Crippen LogP contribution in [0.3, 0.4) is 0 Å². The molecule has 0 radical (unpaired) electrons. The van der Waals surface area contributed by atoms with Gasteiger partial charge in [-0.3, -0.25) is 10.1 Å². The van der Waals surface area contributed by atoms with Gasteiger partial charge < -0.3 is 10.3 Å². The summed E-state index contributed by atoms with van der Waals surface area (Å²) in [5, 5.41) is 24.3. The first-order valence-electron chi connectivity index (χ1n) is 9.01. The maximum absolute atomic E-state index is 11.2. The number of non-ortho nitro benzene ring substituents is 1. The molecule has 0 atom stereocenters. The Labute approximate surface area is 166 Å². The summed E-state index contributed by atoms with van der Waals surface area (Å²) in [6.45, 7) is 2.45. The number of nitrogens with zero attached hydrogens (tertiary/aromatic N) is 3. The molecular weight excluding hydrogens is 366 g/mol. The molecule has 0 unspecified atom stereocenters. The van der Waals surface area contributed by atoms with Crippen LogP contribution in [0, 0.1) is 28.4 Å². The Morgan fingerprint density at radius 1 is 1.24 bits per heavy atom. The van der Waals surface area contributed by atoms with Crippen molar-refractivity contribution < 1.29 is 4.92 Å². The van der Waals surface area contributed by atoms with E-state index < -0.39 is 0 Å². The smallest absolute Gasteiger partial charge is 0.293 e. The van der Waals surface area contributed by atoms with Crippen LogP contribution >= 0.6 is 0 Å². The number of nitriles is 1. The molecular formula is C22H17N5O2. The second kappa shape index (κ2) is 7.44. The lowest BCUT2D eigenvalue weighted by Crippen LogP contribution is -2.01. The average molecular weight is 383 g/mol. The van der Waals surface area contributed by atoms with Crippen LogP contribution in [-0.2, 0) is 6.54 Å². The summed E-state index contributed by atoms with van der Waals surface area (Å²) in [4.78, 5) is 18.2. The van der Waals surface area contributed by atoms with E-state index in [0.717, 1.165) is 27.6 Å². The minimum absolute atomic E-state index is 0.0603. The average Bonchev–Trinajstić information content (AvgIpc) is 3.15. The van der Waals surface area contributed by atoms with E-state index in [1.807, 2.05) is 37.3 Å². The molecule has 0 spiro atoms. The first-order chi connectivity index (χ1) is 14.1. The van der Waals surface area contributed by atoms with Crippen LogP contribution in [0.4, 0.5) is 11.5 Å². The van der Waals surface area contributed by atoms with Crippen LogP contribution < -0.4 is 5.32 Å². The molecule has 7 heteroatoms. The van der Waals surface area contributed by atoms with Crippen molar-refractivity contribution in [1.82, 2.24) is 9.97 Å². The number of rotatable bonds is 5. The Kier molecular flexibility index (Phi) is 4.67. The molecule has 0 bridgehead atoms. The van der Waals surface area contributed by atoms with E-state index in [2.05, 4.69) is 21.4 Å². The van der Waals surface area contributed by atoms with Gasteiger partial charge in [-0.1, -0.05) is 18.2 Å². The van der Waals surface area contributed by atoms with Crippen molar-refractivity contribution in [1.29, 1.82) is 5.26 Å². The van der Waals surface area contributed by atoms with E-state index >= 15 is 0 Å². The monoisotopic (exact) mass is 383 g/mol. The predicted octanol–water partition coefficient (Wildman–Crippen LogP) is 4.93. The third kappa shape index (κ3) is 3.51. The third-order valence-corrected chi connectivity index (χ3v) is 4.86. The number of nitrogens with one attached hydrogen (secondary N) is 2. The van der Waals surface area contributed by atoms with Crippen molar-refractivity contribution in [3.63, 3.8) is 0 Å². The van der Waals surface area contributed by atoms with Gasteiger partial charge in [0, 0.05) is 30.4 Å². The summed E-state index contributed by atoms with van der Waals surface area (Å²) in [6, 6.07) is 16.7. The molecule has 0 saturated carbocycles. The number of pyridine rings is 1. The van der Waals surface area contributed by atoms with Crippen molar-refractivity contribution in [3.8, 4) is 17.2 Å². The zero-order valence-corrected chi connectivity index (χ0v) is 15.6. The minimum Gasteiger partial charge on any atom is -0.366 e. The molecule has 0 aliphatic carbocycles. The minimum atomic E-state index is -0.388. The number of aryl methyl sites for hydroxylation is 1. The molecule has 2 heterocycles. The lowest BCUT2D eigenvalue weighted by Gasteiger charge is -2.09. The molecule has 2 aromatic carbocycles. The van der Waals surface area contributed by atoms with Crippen LogP contribution in [0.15, 0.2) is 60.9 Å². The highest BCUT2D eigenvalue weighted by Crippen LogP contribution is 2.28. The topological polar surface area (TPSA) is 108 Å². The van der Waals surface area contributed by atoms with Gasteiger partial charge in [0.05, 0.1) is 16.6 Å². The summed E-state index contributed by atoms with van der Waals surface area (Å²) >= 11 is 0. The molecule has 4 aromatic rings. The van der Waals surface area contributed by atoms with E-state index in [1.54, 1.807) is 24.5 Å². The molecule has 0 fully saturated rings. The Balaban J connectivity index is 1.58. The first kappa shape index (κ1) is 18.2. The van der Waals surface area contributed by atoms with Gasteiger partial charge in [0.25, 0.3) is 5.69 Å². The number of aromatic amines is 1. The summed E-state index contributed by atoms with van der Waals surface area (Å²) in [5.41, 5.74) is 5.19. The number of hydrogen-bond acceptors (Lipinski definition) is 5. The standard InChI is InChI=1S/C22H17N5O2/c1-14-9-15(11-23)5-6-18(14)16-7-8-24-21(10-16)25-12-17-13-26-22-19(17)3-2-4-20(22)27(28)29/h2-10,13,26H,12H2,1H3,(H,24,25). The molecule has 0 aliphatic heterocycles. The normalized spacial score (nSPS) is 10.6. The number of H-pyrrole nitrogens is 1. The second-order valence-electron chi connectivity index (χ2n) is 6.70. The van der Waals surface area contributed by atoms with E-state index in [1.165, 1.54) is 6.07 Å². The van der Waals surface area contributed by atoms with Crippen LogP contribution in [0.5, 0.6) is 0 Å². The van der Waals surface area contributed by atoms with Crippen LogP contribution in [-0.4, -0.2) is 14.9 Å². The largest absolute Gasteiger partial charge is 0.366 e. The first-order valence-corrected chi connectivity index (χ1v) is 9.01. The molecule has 29 heavy (non-hydrogen) atoms. The Morgan fingerprint density at radius 2 is 2.10 bits per heavy atom. The van der Waals surface area contributed by atoms with Crippen LogP contribution in [0.1, 0.15) is 16.7 Å². The van der Waals surface area contributed by atoms with Crippen molar-refractivity contribution in [2.24, 2.45) is 0 Å². The summed E-state index contributed by atoms with van der Waals surface area (Å²) in [7, 11) is 0. The maximum Gasteiger partial charge on any atom is 0.293 e. The third-order valence-electron chi connectivity index (χ3n) is 4.86. The summed E-state index contributed by atoms with van der Waals surface area (Å²) in [6.07, 6.45) is 3.51. The zero-order chi connectivity index (χ0) is 20.4. The van der Waals surface area contributed by atoms with Crippen molar-refractivity contribution in [2.75, 3.05) is 5.32 Å². The van der Waals surface area contributed by atoms with E-state index in [0.29, 0.717) is 23.4 Å². The summed E-state index contributed by atoms with van der Waals surface area (Å²) in [5.74, 6) is 0.700. The molecule has 0 saturated heterocycles. The maximum atomic E-state index is 11.2. The van der Waals surface area contributed by atoms with Gasteiger partial charge in [-0.05, 0) is 53.4 Å². The number of benzene rings is 2. The number of nitro benzene ring substituents is 1. The highest BCUT2D eigenvalue weighted by Gasteiger charge is 2.15. The summed E-state index contributed by atoms with van der Waals surface area (Å²) < 4.78 is 0. The van der Waals surface area contributed by atoms with Gasteiger partial charge in [0.1, 0.15) is 11.3 Å². The van der Waals surface area contributed by atoms with Gasteiger partial charge in [0.15, 0.2) is 0 Å². The molecule has 2 N–H and O–H groups in total. The number of fused-ring (bicyclic) bond motifs is 1. The molecule has 0 amide bonds. The highest BCUT2D eigenvalue weighted by molar-refractivity contribution is 5.90. The van der Waals surface area contributed by atoms with Crippen molar-refractivity contribution >= 4 is 22.4 Å². The molecule has 2 aromatic heterocycles. The fourth-order valence-corrected chi connectivity index (χ4v) is 3.43. The van der Waals surface area contributed by atoms with Gasteiger partial charge >= 0.3 is 0 Å². The fraction of sp³-hybridized carbons (Fsp3) is 0.0909. The predicted molar refractivity (Wildman–Crippen MR) is 111 cm³/mol. The van der Waals surface area contributed by atoms with Gasteiger partial charge in [-0.15, -0.1) is 0 Å². The molecule has 142 valence electrons. The number of anilines is 1. The van der Waals surface area contributed by atoms with E-state index in [4.69, 9.17) is 5.26 Å².